The number of rotatable bonds is 3. The summed E-state index contributed by atoms with van der Waals surface area (Å²) in [5, 5.41) is 12.2. The lowest BCUT2D eigenvalue weighted by Gasteiger charge is -2.35. The van der Waals surface area contributed by atoms with Crippen LogP contribution in [-0.2, 0) is 13.1 Å². The van der Waals surface area contributed by atoms with Gasteiger partial charge in [0.2, 0.25) is 0 Å². The number of hydrogen-bond donors (Lipinski definition) is 0. The molecule has 0 saturated carbocycles. The molecule has 7 nitrogen and oxygen atoms in total. The highest BCUT2D eigenvalue weighted by molar-refractivity contribution is 5.45. The molecule has 27 heavy (non-hydrogen) atoms. The molecule has 0 fully saturated rings. The van der Waals surface area contributed by atoms with Crippen LogP contribution in [0.15, 0.2) is 42.5 Å². The summed E-state index contributed by atoms with van der Waals surface area (Å²) in [5.41, 5.74) is 2.08. The largest absolute Gasteiger partial charge is 0.486 e. The normalized spacial score (nSPS) is 18.9. The molecule has 0 spiro atoms. The Bertz CT molecular complexity index is 959. The van der Waals surface area contributed by atoms with E-state index in [1.165, 1.54) is 12.1 Å². The topological polar surface area (TPSA) is 65.3 Å². The molecule has 138 valence electrons. The number of ether oxygens (including phenoxy) is 2. The molecule has 0 saturated heterocycles. The van der Waals surface area contributed by atoms with Crippen LogP contribution in [0.4, 0.5) is 4.39 Å². The molecule has 1 unspecified atom stereocenters. The SMILES string of the molecule is Fc1ccc(CN2CCn3nnnc3C2c2ccc3c(c2)OCCO3)cc1. The van der Waals surface area contributed by atoms with Crippen molar-refractivity contribution in [2.45, 2.75) is 19.1 Å². The van der Waals surface area contributed by atoms with Crippen LogP contribution < -0.4 is 9.47 Å². The maximum atomic E-state index is 13.3. The molecule has 8 heteroatoms. The van der Waals surface area contributed by atoms with Crippen molar-refractivity contribution < 1.29 is 13.9 Å². The highest BCUT2D eigenvalue weighted by Gasteiger charge is 2.32. The van der Waals surface area contributed by atoms with Crippen LogP contribution in [0.1, 0.15) is 23.0 Å². The minimum atomic E-state index is -0.232. The highest BCUT2D eigenvalue weighted by Crippen LogP contribution is 2.37. The van der Waals surface area contributed by atoms with E-state index < -0.39 is 0 Å². The van der Waals surface area contributed by atoms with Crippen molar-refractivity contribution in [3.63, 3.8) is 0 Å². The van der Waals surface area contributed by atoms with Crippen molar-refractivity contribution in [1.29, 1.82) is 0 Å². The summed E-state index contributed by atoms with van der Waals surface area (Å²) in [6.07, 6.45) is 0. The first-order valence-corrected chi connectivity index (χ1v) is 8.92. The lowest BCUT2D eigenvalue weighted by molar-refractivity contribution is 0.159. The predicted octanol–water partition coefficient (Wildman–Crippen LogP) is 2.19. The van der Waals surface area contributed by atoms with E-state index in [1.54, 1.807) is 0 Å². The molecule has 5 rings (SSSR count). The predicted molar refractivity (Wildman–Crippen MR) is 93.9 cm³/mol. The molecule has 1 atom stereocenters. The molecule has 3 aromatic rings. The number of benzene rings is 2. The highest BCUT2D eigenvalue weighted by atomic mass is 19.1. The third kappa shape index (κ3) is 3.02. The number of tetrazole rings is 1. The van der Waals surface area contributed by atoms with Crippen LogP contribution in [-0.4, -0.2) is 44.9 Å². The first kappa shape index (κ1) is 16.2. The number of nitrogens with zero attached hydrogens (tertiary/aromatic N) is 5. The van der Waals surface area contributed by atoms with Crippen LogP contribution >= 0.6 is 0 Å². The zero-order valence-electron chi connectivity index (χ0n) is 14.6. The Labute approximate surface area is 155 Å². The summed E-state index contributed by atoms with van der Waals surface area (Å²) in [6, 6.07) is 12.4. The molecule has 2 aliphatic rings. The fourth-order valence-electron chi connectivity index (χ4n) is 3.67. The third-order valence-electron chi connectivity index (χ3n) is 4.95. The average Bonchev–Trinajstić information content (AvgIpc) is 3.18. The average molecular weight is 367 g/mol. The molecule has 0 N–H and O–H groups in total. The summed E-state index contributed by atoms with van der Waals surface area (Å²) in [6.45, 7) is 3.27. The van der Waals surface area contributed by atoms with E-state index in [0.29, 0.717) is 26.3 Å². The Hall–Kier alpha value is -3.00. The van der Waals surface area contributed by atoms with Gasteiger partial charge in [0.25, 0.3) is 0 Å². The maximum Gasteiger partial charge on any atom is 0.173 e. The second-order valence-corrected chi connectivity index (χ2v) is 6.66. The second-order valence-electron chi connectivity index (χ2n) is 6.66. The number of hydrogen-bond acceptors (Lipinski definition) is 6. The first-order valence-electron chi connectivity index (χ1n) is 8.92. The molecule has 1 aromatic heterocycles. The number of fused-ring (bicyclic) bond motifs is 2. The van der Waals surface area contributed by atoms with E-state index >= 15 is 0 Å². The van der Waals surface area contributed by atoms with E-state index in [-0.39, 0.29) is 11.9 Å². The first-order chi connectivity index (χ1) is 13.3. The van der Waals surface area contributed by atoms with Gasteiger partial charge in [-0.05, 0) is 45.8 Å². The van der Waals surface area contributed by atoms with Gasteiger partial charge in [0.05, 0.1) is 12.6 Å². The Morgan fingerprint density at radius 3 is 2.67 bits per heavy atom. The van der Waals surface area contributed by atoms with Gasteiger partial charge in [-0.25, -0.2) is 9.07 Å². The van der Waals surface area contributed by atoms with E-state index in [9.17, 15) is 4.39 Å². The fraction of sp³-hybridized carbons (Fsp3) is 0.316. The summed E-state index contributed by atoms with van der Waals surface area (Å²) in [5.74, 6) is 2.06. The van der Waals surface area contributed by atoms with Crippen LogP contribution in [0.3, 0.4) is 0 Å². The monoisotopic (exact) mass is 367 g/mol. The molecule has 2 aliphatic heterocycles. The minimum absolute atomic E-state index is 0.116. The zero-order valence-corrected chi connectivity index (χ0v) is 14.6. The van der Waals surface area contributed by atoms with Gasteiger partial charge in [-0.3, -0.25) is 4.90 Å². The third-order valence-corrected chi connectivity index (χ3v) is 4.95. The minimum Gasteiger partial charge on any atom is -0.486 e. The summed E-state index contributed by atoms with van der Waals surface area (Å²) >= 11 is 0. The van der Waals surface area contributed by atoms with Crippen molar-refractivity contribution in [2.24, 2.45) is 0 Å². The molecule has 0 radical (unpaired) electrons. The Morgan fingerprint density at radius 1 is 1.00 bits per heavy atom. The molecular formula is C19H18FN5O2. The molecule has 0 aliphatic carbocycles. The molecule has 3 heterocycles. The van der Waals surface area contributed by atoms with E-state index in [4.69, 9.17) is 9.47 Å². The van der Waals surface area contributed by atoms with Crippen molar-refractivity contribution in [1.82, 2.24) is 25.1 Å². The van der Waals surface area contributed by atoms with Gasteiger partial charge >= 0.3 is 0 Å². The van der Waals surface area contributed by atoms with Crippen molar-refractivity contribution in [2.75, 3.05) is 19.8 Å². The lowest BCUT2D eigenvalue weighted by Crippen LogP contribution is -2.39. The van der Waals surface area contributed by atoms with Gasteiger partial charge in [0.1, 0.15) is 19.0 Å². The zero-order chi connectivity index (χ0) is 18.2. The standard InChI is InChI=1S/C19H18FN5O2/c20-15-4-1-13(2-5-15)12-24-7-8-25-19(21-22-23-25)18(24)14-3-6-16-17(11-14)27-10-9-26-16/h1-6,11,18H,7-10,12H2. The smallest absolute Gasteiger partial charge is 0.173 e. The van der Waals surface area contributed by atoms with Gasteiger partial charge in [-0.1, -0.05) is 18.2 Å². The van der Waals surface area contributed by atoms with Crippen molar-refractivity contribution >= 4 is 0 Å². The van der Waals surface area contributed by atoms with Gasteiger partial charge in [-0.15, -0.1) is 5.10 Å². The van der Waals surface area contributed by atoms with Crippen molar-refractivity contribution in [3.05, 3.63) is 65.2 Å². The maximum absolute atomic E-state index is 13.3. The molecule has 0 bridgehead atoms. The van der Waals surface area contributed by atoms with E-state index in [2.05, 4.69) is 20.4 Å². The fourth-order valence-corrected chi connectivity index (χ4v) is 3.67. The van der Waals surface area contributed by atoms with Gasteiger partial charge in [0.15, 0.2) is 17.3 Å². The van der Waals surface area contributed by atoms with Crippen LogP contribution in [0.2, 0.25) is 0 Å². The Kier molecular flexibility index (Phi) is 3.97. The summed E-state index contributed by atoms with van der Waals surface area (Å²) < 4.78 is 26.5. The van der Waals surface area contributed by atoms with Gasteiger partial charge in [-0.2, -0.15) is 0 Å². The Morgan fingerprint density at radius 2 is 1.81 bits per heavy atom. The quantitative estimate of drug-likeness (QED) is 0.707. The summed E-state index contributed by atoms with van der Waals surface area (Å²) in [7, 11) is 0. The van der Waals surface area contributed by atoms with Crippen LogP contribution in [0.25, 0.3) is 0 Å². The molecular weight excluding hydrogens is 349 g/mol. The molecule has 0 amide bonds. The molecule has 2 aromatic carbocycles. The van der Waals surface area contributed by atoms with Crippen LogP contribution in [0, 0.1) is 5.82 Å². The number of halogens is 1. The van der Waals surface area contributed by atoms with E-state index in [1.807, 2.05) is 35.0 Å². The van der Waals surface area contributed by atoms with Gasteiger partial charge in [0, 0.05) is 13.1 Å². The number of aromatic nitrogens is 4. The van der Waals surface area contributed by atoms with E-state index in [0.717, 1.165) is 35.0 Å². The van der Waals surface area contributed by atoms with Crippen LogP contribution in [0.5, 0.6) is 11.5 Å². The summed E-state index contributed by atoms with van der Waals surface area (Å²) in [4.78, 5) is 2.30. The lowest BCUT2D eigenvalue weighted by atomic mass is 10.0. The van der Waals surface area contributed by atoms with Gasteiger partial charge < -0.3 is 9.47 Å². The van der Waals surface area contributed by atoms with Crippen molar-refractivity contribution in [3.8, 4) is 11.5 Å². The Balaban J connectivity index is 1.52. The second kappa shape index (κ2) is 6.62.